The van der Waals surface area contributed by atoms with Crippen molar-refractivity contribution in [2.45, 2.75) is 258 Å². The van der Waals surface area contributed by atoms with E-state index in [-0.39, 0.29) is 44.0 Å². The smallest absolute Gasteiger partial charge is 0.306 e. The van der Waals surface area contributed by atoms with Gasteiger partial charge in [-0.15, -0.1) is 0 Å². The number of carbonyl (C=O) groups is 3. The fourth-order valence-electron chi connectivity index (χ4n) is 7.83. The summed E-state index contributed by atoms with van der Waals surface area (Å²) in [5, 5.41) is 0. The average Bonchev–Trinajstić information content (AvgIpc) is 3.41. The summed E-state index contributed by atoms with van der Waals surface area (Å²) in [4.78, 5) is 38.2. The summed E-state index contributed by atoms with van der Waals surface area (Å²) in [6.07, 6.45) is 88.5. The highest BCUT2D eigenvalue weighted by atomic mass is 16.6. The Kier molecular flexibility index (Phi) is 58.0. The van der Waals surface area contributed by atoms with E-state index in [1.807, 2.05) is 0 Å². The monoisotopic (exact) mass is 1030 g/mol. The van der Waals surface area contributed by atoms with E-state index in [9.17, 15) is 14.4 Å². The van der Waals surface area contributed by atoms with Crippen LogP contribution >= 0.6 is 0 Å². The van der Waals surface area contributed by atoms with Gasteiger partial charge in [0.2, 0.25) is 0 Å². The van der Waals surface area contributed by atoms with Gasteiger partial charge in [-0.2, -0.15) is 0 Å². The molecule has 0 radical (unpaired) electrons. The number of rotatable bonds is 53. The average molecular weight is 1040 g/mol. The van der Waals surface area contributed by atoms with Gasteiger partial charge in [0.05, 0.1) is 0 Å². The number of ether oxygens (including phenoxy) is 3. The van der Waals surface area contributed by atoms with Crippen molar-refractivity contribution in [3.05, 3.63) is 146 Å². The van der Waals surface area contributed by atoms with E-state index >= 15 is 0 Å². The molecule has 0 aliphatic heterocycles. The number of esters is 3. The minimum absolute atomic E-state index is 0.123. The molecule has 0 rings (SSSR count). The number of hydrogen-bond acceptors (Lipinski definition) is 6. The highest BCUT2D eigenvalue weighted by Crippen LogP contribution is 2.14. The fraction of sp³-hybridized carbons (Fsp3) is 0.609. The summed E-state index contributed by atoms with van der Waals surface area (Å²) in [6, 6.07) is 0. The molecule has 0 spiro atoms. The maximum Gasteiger partial charge on any atom is 0.306 e. The van der Waals surface area contributed by atoms with E-state index in [0.29, 0.717) is 19.3 Å². The molecule has 0 N–H and O–H groups in total. The van der Waals surface area contributed by atoms with Gasteiger partial charge in [0.15, 0.2) is 6.10 Å². The maximum atomic E-state index is 12.9. The molecule has 0 saturated heterocycles. The van der Waals surface area contributed by atoms with Crippen LogP contribution in [0.4, 0.5) is 0 Å². The predicted octanol–water partition coefficient (Wildman–Crippen LogP) is 20.8. The third kappa shape index (κ3) is 60.0. The molecule has 0 aromatic rings. The van der Waals surface area contributed by atoms with E-state index in [4.69, 9.17) is 14.2 Å². The van der Waals surface area contributed by atoms with Gasteiger partial charge in [0.25, 0.3) is 0 Å². The van der Waals surface area contributed by atoms with Gasteiger partial charge >= 0.3 is 17.9 Å². The highest BCUT2D eigenvalue weighted by Gasteiger charge is 2.19. The third-order valence-electron chi connectivity index (χ3n) is 12.3. The van der Waals surface area contributed by atoms with Crippen molar-refractivity contribution in [2.24, 2.45) is 0 Å². The summed E-state index contributed by atoms with van der Waals surface area (Å²) in [7, 11) is 0. The second-order valence-electron chi connectivity index (χ2n) is 19.5. The fourth-order valence-corrected chi connectivity index (χ4v) is 7.83. The summed E-state index contributed by atoms with van der Waals surface area (Å²) in [5.74, 6) is -1.03. The third-order valence-corrected chi connectivity index (χ3v) is 12.3. The molecule has 0 aliphatic rings. The van der Waals surface area contributed by atoms with Crippen LogP contribution in [0.25, 0.3) is 0 Å². The largest absolute Gasteiger partial charge is 0.462 e. The predicted molar refractivity (Wildman–Crippen MR) is 325 cm³/mol. The van der Waals surface area contributed by atoms with Crippen molar-refractivity contribution >= 4 is 17.9 Å². The lowest BCUT2D eigenvalue weighted by molar-refractivity contribution is -0.167. The molecule has 6 heteroatoms. The summed E-state index contributed by atoms with van der Waals surface area (Å²) in [6.45, 7) is 6.32. The molecule has 0 aromatic carbocycles. The topological polar surface area (TPSA) is 78.9 Å². The van der Waals surface area contributed by atoms with Crippen LogP contribution in [0, 0.1) is 0 Å². The molecule has 0 saturated carbocycles. The van der Waals surface area contributed by atoms with Crippen LogP contribution in [0.15, 0.2) is 146 Å². The molecule has 1 atom stereocenters. The molecule has 6 nitrogen and oxygen atoms in total. The first-order chi connectivity index (χ1) is 37.0. The minimum Gasteiger partial charge on any atom is -0.462 e. The van der Waals surface area contributed by atoms with Gasteiger partial charge in [-0.1, -0.05) is 244 Å². The summed E-state index contributed by atoms with van der Waals surface area (Å²) >= 11 is 0. The van der Waals surface area contributed by atoms with Crippen LogP contribution in [0.2, 0.25) is 0 Å². The Hall–Kier alpha value is -4.71. The molecular weight excluding hydrogens is 925 g/mol. The van der Waals surface area contributed by atoms with E-state index in [1.165, 1.54) is 89.9 Å². The van der Waals surface area contributed by atoms with E-state index in [1.54, 1.807) is 0 Å². The van der Waals surface area contributed by atoms with Crippen molar-refractivity contribution in [3.8, 4) is 0 Å². The van der Waals surface area contributed by atoms with Gasteiger partial charge in [0, 0.05) is 19.3 Å². The Morgan fingerprint density at radius 3 is 0.907 bits per heavy atom. The zero-order valence-corrected chi connectivity index (χ0v) is 48.3. The molecular formula is C69H110O6. The second-order valence-corrected chi connectivity index (χ2v) is 19.5. The van der Waals surface area contributed by atoms with Crippen LogP contribution < -0.4 is 0 Å². The lowest BCUT2D eigenvalue weighted by atomic mass is 10.1. The van der Waals surface area contributed by atoms with Crippen LogP contribution in [0.1, 0.15) is 252 Å². The van der Waals surface area contributed by atoms with Gasteiger partial charge in [-0.25, -0.2) is 0 Å². The first kappa shape index (κ1) is 70.3. The Balaban J connectivity index is 4.54. The number of hydrogen-bond donors (Lipinski definition) is 0. The van der Waals surface area contributed by atoms with Crippen molar-refractivity contribution in [3.63, 3.8) is 0 Å². The van der Waals surface area contributed by atoms with E-state index in [2.05, 4.69) is 167 Å². The molecule has 0 fully saturated rings. The molecule has 75 heavy (non-hydrogen) atoms. The lowest BCUT2D eigenvalue weighted by Gasteiger charge is -2.18. The standard InChI is InChI=1S/C69H110O6/c1-4-7-10-13-16-19-22-25-28-30-32-33-34-35-37-38-41-44-47-50-53-56-59-62-68(71)74-65-66(64-73-67(70)61-58-55-52-49-46-43-40-27-24-21-18-15-12-9-6-3)75-69(72)63-60-57-54-51-48-45-42-39-36-31-29-26-23-20-17-14-11-8-5-2/h7,9-10,12,16,18-19,21,25-29,32-33,35,37,40-41,44,46,49-50,53,66H,4-6,8,11,13-15,17,20,22-24,30-31,34,36,38-39,42-43,45,47-48,51-52,54-65H2,1-3H3/b10-7-,12-9-,19-16-,21-18-,28-25-,29-26-,33-32-,37-35-,40-27-,44-41-,49-46-,53-50-. The summed E-state index contributed by atoms with van der Waals surface area (Å²) in [5.41, 5.74) is 0. The van der Waals surface area contributed by atoms with Gasteiger partial charge in [-0.05, 0) is 135 Å². The lowest BCUT2D eigenvalue weighted by Crippen LogP contribution is -2.30. The summed E-state index contributed by atoms with van der Waals surface area (Å²) < 4.78 is 16.8. The van der Waals surface area contributed by atoms with Crippen molar-refractivity contribution < 1.29 is 28.6 Å². The first-order valence-electron chi connectivity index (χ1n) is 30.3. The van der Waals surface area contributed by atoms with Crippen molar-refractivity contribution in [1.82, 2.24) is 0 Å². The quantitative estimate of drug-likeness (QED) is 0.0261. The highest BCUT2D eigenvalue weighted by molar-refractivity contribution is 5.71. The van der Waals surface area contributed by atoms with Gasteiger partial charge < -0.3 is 14.2 Å². The maximum absolute atomic E-state index is 12.9. The Morgan fingerprint density at radius 1 is 0.280 bits per heavy atom. The SMILES string of the molecule is CC/C=C\C/C=C\C/C=C\C/C=C\C/C=C\C/C=C\C/C=C\CCCC(=O)OCC(COC(=O)CCCC/C=C\C/C=C\C/C=C\C/C=C\CC)OC(=O)CCCCCCCCCCC/C=C\CCCCCCCC. The zero-order chi connectivity index (χ0) is 54.3. The van der Waals surface area contributed by atoms with Crippen molar-refractivity contribution in [1.29, 1.82) is 0 Å². The molecule has 422 valence electrons. The van der Waals surface area contributed by atoms with Crippen LogP contribution in [0.5, 0.6) is 0 Å². The zero-order valence-electron chi connectivity index (χ0n) is 48.3. The van der Waals surface area contributed by atoms with E-state index in [0.717, 1.165) is 109 Å². The van der Waals surface area contributed by atoms with E-state index < -0.39 is 6.10 Å². The molecule has 0 aliphatic carbocycles. The van der Waals surface area contributed by atoms with Crippen LogP contribution in [0.3, 0.4) is 0 Å². The molecule has 0 aromatic heterocycles. The Labute approximate surface area is 461 Å². The van der Waals surface area contributed by atoms with Crippen LogP contribution in [-0.4, -0.2) is 37.2 Å². The number of allylic oxidation sites excluding steroid dienone is 24. The number of carbonyl (C=O) groups excluding carboxylic acids is 3. The Morgan fingerprint density at radius 2 is 0.533 bits per heavy atom. The first-order valence-corrected chi connectivity index (χ1v) is 30.3. The van der Waals surface area contributed by atoms with Gasteiger partial charge in [-0.3, -0.25) is 14.4 Å². The molecule has 0 bridgehead atoms. The molecule has 0 amide bonds. The molecule has 1 unspecified atom stereocenters. The number of unbranched alkanes of at least 4 members (excludes halogenated alkanes) is 18. The van der Waals surface area contributed by atoms with Crippen molar-refractivity contribution in [2.75, 3.05) is 13.2 Å². The van der Waals surface area contributed by atoms with Crippen LogP contribution in [-0.2, 0) is 28.6 Å². The Bertz CT molecular complexity index is 1660. The minimum atomic E-state index is -0.827. The molecule has 0 heterocycles. The second kappa shape index (κ2) is 61.8. The normalized spacial score (nSPS) is 13.2. The van der Waals surface area contributed by atoms with Gasteiger partial charge in [0.1, 0.15) is 13.2 Å².